The molecular weight excluding hydrogens is 186 g/mol. The predicted octanol–water partition coefficient (Wildman–Crippen LogP) is 1.21. The molecule has 90 valence electrons. The Morgan fingerprint density at radius 1 is 0.933 bits per heavy atom. The van der Waals surface area contributed by atoms with Gasteiger partial charge in [-0.1, -0.05) is 6.92 Å². The van der Waals surface area contributed by atoms with E-state index in [1.165, 1.54) is 32.1 Å². The summed E-state index contributed by atoms with van der Waals surface area (Å²) >= 11 is 0. The Labute approximate surface area is 93.8 Å². The average Bonchev–Trinajstić information content (AvgIpc) is 2.29. The van der Waals surface area contributed by atoms with E-state index in [-0.39, 0.29) is 0 Å². The molecule has 0 aromatic rings. The summed E-state index contributed by atoms with van der Waals surface area (Å²) in [6.07, 6.45) is 7.22. The fourth-order valence-electron chi connectivity index (χ4n) is 2.62. The van der Waals surface area contributed by atoms with Crippen LogP contribution in [0, 0.1) is 10.8 Å². The first-order valence-corrected chi connectivity index (χ1v) is 6.20. The van der Waals surface area contributed by atoms with Gasteiger partial charge in [0.25, 0.3) is 0 Å². The van der Waals surface area contributed by atoms with E-state index >= 15 is 0 Å². The molecule has 0 unspecified atom stereocenters. The van der Waals surface area contributed by atoms with Crippen LogP contribution in [0.15, 0.2) is 0 Å². The average molecular weight is 213 g/mol. The van der Waals surface area contributed by atoms with E-state index in [1.54, 1.807) is 0 Å². The summed E-state index contributed by atoms with van der Waals surface area (Å²) in [4.78, 5) is 0. The zero-order chi connectivity index (χ0) is 11.4. The van der Waals surface area contributed by atoms with Crippen molar-refractivity contribution in [1.29, 1.82) is 0 Å². The monoisotopic (exact) mass is 213 g/mol. The van der Waals surface area contributed by atoms with E-state index < -0.39 is 0 Å². The lowest BCUT2D eigenvalue weighted by Crippen LogP contribution is -2.41. The molecule has 15 heavy (non-hydrogen) atoms. The molecule has 0 aromatic carbocycles. The van der Waals surface area contributed by atoms with Gasteiger partial charge in [0.2, 0.25) is 0 Å². The van der Waals surface area contributed by atoms with Crippen molar-refractivity contribution in [3.63, 3.8) is 0 Å². The highest BCUT2D eigenvalue weighted by molar-refractivity contribution is 4.91. The minimum atomic E-state index is 0.362. The first-order valence-electron chi connectivity index (χ1n) is 6.20. The lowest BCUT2D eigenvalue weighted by molar-refractivity contribution is 0.0913. The smallest absolute Gasteiger partial charge is 0.00205 e. The minimum Gasteiger partial charge on any atom is -0.330 e. The van der Waals surface area contributed by atoms with Crippen molar-refractivity contribution in [3.8, 4) is 0 Å². The van der Waals surface area contributed by atoms with Crippen molar-refractivity contribution in [2.24, 2.45) is 28.0 Å². The normalized spacial score (nSPS) is 36.8. The molecule has 0 spiro atoms. The Kier molecular flexibility index (Phi) is 4.56. The van der Waals surface area contributed by atoms with Gasteiger partial charge in [0.05, 0.1) is 0 Å². The minimum absolute atomic E-state index is 0.362. The van der Waals surface area contributed by atoms with Gasteiger partial charge in [-0.15, -0.1) is 0 Å². The molecule has 0 bridgehead atoms. The van der Waals surface area contributed by atoms with Gasteiger partial charge in [0.1, 0.15) is 0 Å². The van der Waals surface area contributed by atoms with Crippen LogP contribution in [0.25, 0.3) is 0 Å². The topological polar surface area (TPSA) is 78.1 Å². The van der Waals surface area contributed by atoms with Gasteiger partial charge in [-0.05, 0) is 69.0 Å². The summed E-state index contributed by atoms with van der Waals surface area (Å²) in [5.41, 5.74) is 18.1. The molecule has 6 N–H and O–H groups in total. The highest BCUT2D eigenvalue weighted by atomic mass is 14.6. The van der Waals surface area contributed by atoms with E-state index in [1.807, 2.05) is 0 Å². The summed E-state index contributed by atoms with van der Waals surface area (Å²) in [5, 5.41) is 0. The number of hydrogen-bond donors (Lipinski definition) is 3. The molecule has 0 aliphatic heterocycles. The van der Waals surface area contributed by atoms with Crippen LogP contribution in [-0.4, -0.2) is 19.6 Å². The molecule has 1 rings (SSSR count). The molecule has 0 radical (unpaired) electrons. The van der Waals surface area contributed by atoms with Gasteiger partial charge >= 0.3 is 0 Å². The number of nitrogens with two attached hydrogens (primary N) is 3. The molecule has 1 fully saturated rings. The highest BCUT2D eigenvalue weighted by Gasteiger charge is 2.38. The second-order valence-electron chi connectivity index (χ2n) is 5.61. The molecule has 1 aliphatic rings. The maximum Gasteiger partial charge on any atom is -0.00205 e. The van der Waals surface area contributed by atoms with Crippen LogP contribution in [0.3, 0.4) is 0 Å². The molecular formula is C12H27N3. The van der Waals surface area contributed by atoms with Crippen LogP contribution in [0.2, 0.25) is 0 Å². The summed E-state index contributed by atoms with van der Waals surface area (Å²) in [5.74, 6) is 0. The summed E-state index contributed by atoms with van der Waals surface area (Å²) in [7, 11) is 0. The molecule has 1 aliphatic carbocycles. The second-order valence-corrected chi connectivity index (χ2v) is 5.61. The first-order chi connectivity index (χ1) is 7.10. The van der Waals surface area contributed by atoms with Crippen molar-refractivity contribution in [3.05, 3.63) is 0 Å². The van der Waals surface area contributed by atoms with E-state index in [0.717, 1.165) is 26.1 Å². The third-order valence-electron chi connectivity index (χ3n) is 4.35. The van der Waals surface area contributed by atoms with Crippen LogP contribution in [-0.2, 0) is 0 Å². The molecule has 0 heterocycles. The number of rotatable bonds is 5. The zero-order valence-electron chi connectivity index (χ0n) is 10.1. The maximum absolute atomic E-state index is 5.94. The Morgan fingerprint density at radius 2 is 1.53 bits per heavy atom. The Balaban J connectivity index is 2.50. The van der Waals surface area contributed by atoms with Crippen LogP contribution in [0.1, 0.15) is 45.4 Å². The quantitative estimate of drug-likeness (QED) is 0.642. The van der Waals surface area contributed by atoms with Crippen molar-refractivity contribution in [2.75, 3.05) is 19.6 Å². The molecule has 0 saturated heterocycles. The lowest BCUT2D eigenvalue weighted by atomic mass is 9.63. The van der Waals surface area contributed by atoms with Crippen molar-refractivity contribution in [2.45, 2.75) is 45.4 Å². The molecule has 1 saturated carbocycles. The van der Waals surface area contributed by atoms with E-state index in [4.69, 9.17) is 17.2 Å². The van der Waals surface area contributed by atoms with E-state index in [0.29, 0.717) is 10.8 Å². The van der Waals surface area contributed by atoms with Crippen molar-refractivity contribution >= 4 is 0 Å². The first kappa shape index (κ1) is 12.9. The third kappa shape index (κ3) is 3.16. The number of hydrogen-bond acceptors (Lipinski definition) is 3. The van der Waals surface area contributed by atoms with Crippen LogP contribution < -0.4 is 17.2 Å². The Bertz CT molecular complexity index is 183. The van der Waals surface area contributed by atoms with Gasteiger partial charge in [0.15, 0.2) is 0 Å². The third-order valence-corrected chi connectivity index (χ3v) is 4.35. The Hall–Kier alpha value is -0.120. The van der Waals surface area contributed by atoms with Crippen molar-refractivity contribution in [1.82, 2.24) is 0 Å². The SMILES string of the molecule is CC1(CN)CCC(CN)(CCCN)CC1. The van der Waals surface area contributed by atoms with Gasteiger partial charge in [-0.3, -0.25) is 0 Å². The van der Waals surface area contributed by atoms with Gasteiger partial charge in [-0.2, -0.15) is 0 Å². The van der Waals surface area contributed by atoms with Crippen molar-refractivity contribution < 1.29 is 0 Å². The zero-order valence-corrected chi connectivity index (χ0v) is 10.1. The van der Waals surface area contributed by atoms with E-state index in [2.05, 4.69) is 6.92 Å². The maximum atomic E-state index is 5.94. The van der Waals surface area contributed by atoms with Crippen LogP contribution in [0.5, 0.6) is 0 Å². The highest BCUT2D eigenvalue weighted by Crippen LogP contribution is 2.46. The largest absolute Gasteiger partial charge is 0.330 e. The summed E-state index contributed by atoms with van der Waals surface area (Å²) in [6.45, 7) is 4.71. The predicted molar refractivity (Wildman–Crippen MR) is 65.4 cm³/mol. The van der Waals surface area contributed by atoms with Gasteiger partial charge < -0.3 is 17.2 Å². The molecule has 3 heteroatoms. The summed E-state index contributed by atoms with van der Waals surface area (Å²) < 4.78 is 0. The van der Waals surface area contributed by atoms with E-state index in [9.17, 15) is 0 Å². The molecule has 3 nitrogen and oxygen atoms in total. The molecule has 0 atom stereocenters. The standard InChI is InChI=1S/C12H27N3/c1-11(9-14)4-6-12(10-15,7-5-11)3-2-8-13/h2-10,13-15H2,1H3. The second kappa shape index (κ2) is 5.28. The van der Waals surface area contributed by atoms with Gasteiger partial charge in [0, 0.05) is 0 Å². The Morgan fingerprint density at radius 3 is 1.93 bits per heavy atom. The van der Waals surface area contributed by atoms with Gasteiger partial charge in [-0.25, -0.2) is 0 Å². The van der Waals surface area contributed by atoms with Crippen LogP contribution in [0.4, 0.5) is 0 Å². The fraction of sp³-hybridized carbons (Fsp3) is 1.00. The van der Waals surface area contributed by atoms with Crippen LogP contribution >= 0.6 is 0 Å². The lowest BCUT2D eigenvalue weighted by Gasteiger charge is -2.44. The molecule has 0 amide bonds. The fourth-order valence-corrected chi connectivity index (χ4v) is 2.62. The summed E-state index contributed by atoms with van der Waals surface area (Å²) in [6, 6.07) is 0. The molecule has 0 aromatic heterocycles.